The van der Waals surface area contributed by atoms with E-state index < -0.39 is 6.10 Å². The van der Waals surface area contributed by atoms with Crippen LogP contribution in [0, 0.1) is 0 Å². The average molecular weight is 536 g/mol. The third-order valence-electron chi connectivity index (χ3n) is 8.05. The first-order chi connectivity index (χ1) is 19.5. The molecular weight excluding hydrogens is 502 g/mol. The Labute approximate surface area is 234 Å². The Balaban J connectivity index is 1.21. The summed E-state index contributed by atoms with van der Waals surface area (Å²) >= 11 is 0. The monoisotopic (exact) mass is 535 g/mol. The quantitative estimate of drug-likeness (QED) is 0.275. The van der Waals surface area contributed by atoms with Gasteiger partial charge < -0.3 is 25.0 Å². The number of anilines is 1. The van der Waals surface area contributed by atoms with Crippen molar-refractivity contribution in [3.05, 3.63) is 108 Å². The highest BCUT2D eigenvalue weighted by atomic mass is 16.5. The molecule has 2 aliphatic rings. The van der Waals surface area contributed by atoms with E-state index in [1.54, 1.807) is 11.0 Å². The van der Waals surface area contributed by atoms with Gasteiger partial charge in [-0.1, -0.05) is 78.9 Å². The number of aromatic hydroxyl groups is 1. The fourth-order valence-corrected chi connectivity index (χ4v) is 5.96. The van der Waals surface area contributed by atoms with Gasteiger partial charge in [-0.2, -0.15) is 0 Å². The number of aliphatic hydroxyl groups excluding tert-OH is 2. The summed E-state index contributed by atoms with van der Waals surface area (Å²) in [5, 5.41) is 30.7. The van der Waals surface area contributed by atoms with Crippen molar-refractivity contribution in [2.45, 2.75) is 50.0 Å². The molecule has 4 atom stereocenters. The summed E-state index contributed by atoms with van der Waals surface area (Å²) in [6.45, 7) is -0.111. The van der Waals surface area contributed by atoms with E-state index in [4.69, 9.17) is 4.74 Å². The van der Waals surface area contributed by atoms with Crippen LogP contribution in [0.2, 0.25) is 0 Å². The first kappa shape index (κ1) is 26.3. The number of carbonyl (C=O) groups is 1. The van der Waals surface area contributed by atoms with E-state index in [2.05, 4.69) is 12.1 Å². The predicted octanol–water partition coefficient (Wildman–Crippen LogP) is 6.17. The third-order valence-corrected chi connectivity index (χ3v) is 8.05. The molecule has 6 heteroatoms. The predicted molar refractivity (Wildman–Crippen MR) is 155 cm³/mol. The number of hydrogen-bond donors (Lipinski definition) is 3. The van der Waals surface area contributed by atoms with Crippen molar-refractivity contribution in [1.82, 2.24) is 0 Å². The molecule has 2 saturated heterocycles. The number of nitrogens with zero attached hydrogens (tertiary/aromatic N) is 1. The van der Waals surface area contributed by atoms with Gasteiger partial charge >= 0.3 is 0 Å². The minimum atomic E-state index is -0.496. The molecule has 4 aromatic rings. The van der Waals surface area contributed by atoms with Crippen molar-refractivity contribution in [3.8, 4) is 28.0 Å². The molecule has 0 saturated carbocycles. The smallest absolute Gasteiger partial charge is 0.227 e. The normalized spacial score (nSPS) is 22.9. The van der Waals surface area contributed by atoms with E-state index in [1.807, 2.05) is 78.9 Å². The Hall–Kier alpha value is -3.97. The molecule has 40 heavy (non-hydrogen) atoms. The van der Waals surface area contributed by atoms with Crippen LogP contribution in [0.15, 0.2) is 97.1 Å². The number of aliphatic hydroxyl groups is 2. The van der Waals surface area contributed by atoms with Gasteiger partial charge in [0.05, 0.1) is 31.0 Å². The SMILES string of the molecule is O=C1CCC(c2ccc(-c3ccc(C4CC(O)CC(CO)O4)cc3)cc2O)N1c1ccc(-c2ccccc2)cc1. The maximum Gasteiger partial charge on any atom is 0.227 e. The van der Waals surface area contributed by atoms with Gasteiger partial charge in [-0.3, -0.25) is 4.79 Å². The van der Waals surface area contributed by atoms with Crippen LogP contribution < -0.4 is 4.90 Å². The Kier molecular flexibility index (Phi) is 7.39. The van der Waals surface area contributed by atoms with E-state index >= 15 is 0 Å². The van der Waals surface area contributed by atoms with Crippen molar-refractivity contribution >= 4 is 11.6 Å². The van der Waals surface area contributed by atoms with Gasteiger partial charge in [0.15, 0.2) is 0 Å². The zero-order valence-corrected chi connectivity index (χ0v) is 22.2. The number of carbonyl (C=O) groups excluding carboxylic acids is 1. The van der Waals surface area contributed by atoms with Crippen LogP contribution in [0.1, 0.15) is 49.0 Å². The highest BCUT2D eigenvalue weighted by molar-refractivity contribution is 5.97. The Morgan fingerprint density at radius 1 is 0.800 bits per heavy atom. The second-order valence-electron chi connectivity index (χ2n) is 10.7. The van der Waals surface area contributed by atoms with Crippen LogP contribution >= 0.6 is 0 Å². The van der Waals surface area contributed by atoms with Gasteiger partial charge in [0.2, 0.25) is 5.91 Å². The maximum absolute atomic E-state index is 12.9. The standard InChI is InChI=1S/C34H33NO5/c36-21-29-19-28(37)20-33(40-29)25-8-6-24(7-9-25)26-12-15-30(32(38)18-26)31-16-17-34(39)35(31)27-13-10-23(11-14-27)22-4-2-1-3-5-22/h1-15,18,28-29,31,33,36-38H,16-17,19-21H2. The number of ether oxygens (including phenoxy) is 1. The number of hydrogen-bond acceptors (Lipinski definition) is 5. The van der Waals surface area contributed by atoms with Crippen LogP contribution in [-0.4, -0.2) is 40.0 Å². The molecule has 2 heterocycles. The van der Waals surface area contributed by atoms with Crippen LogP contribution in [0.4, 0.5) is 5.69 Å². The van der Waals surface area contributed by atoms with Crippen molar-refractivity contribution < 1.29 is 24.9 Å². The summed E-state index contributed by atoms with van der Waals surface area (Å²) < 4.78 is 5.93. The topological polar surface area (TPSA) is 90.2 Å². The minimum absolute atomic E-state index is 0.0509. The number of amides is 1. The first-order valence-corrected chi connectivity index (χ1v) is 13.9. The molecule has 4 aromatic carbocycles. The second kappa shape index (κ2) is 11.3. The summed E-state index contributed by atoms with van der Waals surface area (Å²) in [5.74, 6) is 0.215. The molecule has 2 fully saturated rings. The number of rotatable bonds is 6. The molecular formula is C34H33NO5. The van der Waals surface area contributed by atoms with Gasteiger partial charge in [0.25, 0.3) is 0 Å². The summed E-state index contributed by atoms with van der Waals surface area (Å²) in [6.07, 6.45) is 0.895. The molecule has 0 aliphatic carbocycles. The van der Waals surface area contributed by atoms with E-state index in [0.29, 0.717) is 25.7 Å². The lowest BCUT2D eigenvalue weighted by molar-refractivity contribution is -0.117. The molecule has 0 spiro atoms. The lowest BCUT2D eigenvalue weighted by Crippen LogP contribution is -2.33. The second-order valence-corrected chi connectivity index (χ2v) is 10.7. The molecule has 2 aliphatic heterocycles. The molecule has 0 aromatic heterocycles. The molecule has 6 nitrogen and oxygen atoms in total. The van der Waals surface area contributed by atoms with Gasteiger partial charge in [-0.05, 0) is 52.4 Å². The Morgan fingerprint density at radius 2 is 1.45 bits per heavy atom. The largest absolute Gasteiger partial charge is 0.508 e. The zero-order valence-electron chi connectivity index (χ0n) is 22.2. The zero-order chi connectivity index (χ0) is 27.6. The molecule has 0 radical (unpaired) electrons. The molecule has 204 valence electrons. The fraction of sp³-hybridized carbons (Fsp3) is 0.265. The highest BCUT2D eigenvalue weighted by Crippen LogP contribution is 2.42. The van der Waals surface area contributed by atoms with Gasteiger partial charge in [0, 0.05) is 30.5 Å². The summed E-state index contributed by atoms with van der Waals surface area (Å²) in [5.41, 5.74) is 6.52. The van der Waals surface area contributed by atoms with Crippen LogP contribution in [0.5, 0.6) is 5.75 Å². The Morgan fingerprint density at radius 3 is 2.15 bits per heavy atom. The summed E-state index contributed by atoms with van der Waals surface area (Å²) in [4.78, 5) is 14.7. The average Bonchev–Trinajstić information content (AvgIpc) is 3.38. The van der Waals surface area contributed by atoms with Crippen molar-refractivity contribution in [3.63, 3.8) is 0 Å². The van der Waals surface area contributed by atoms with Crippen molar-refractivity contribution in [2.75, 3.05) is 11.5 Å². The summed E-state index contributed by atoms with van der Waals surface area (Å²) in [6, 6.07) is 31.4. The number of phenols is 1. The maximum atomic E-state index is 12.9. The minimum Gasteiger partial charge on any atom is -0.508 e. The molecule has 4 unspecified atom stereocenters. The first-order valence-electron chi connectivity index (χ1n) is 13.9. The Bertz CT molecular complexity index is 1470. The van der Waals surface area contributed by atoms with E-state index in [0.717, 1.165) is 39.1 Å². The van der Waals surface area contributed by atoms with Crippen LogP contribution in [0.3, 0.4) is 0 Å². The summed E-state index contributed by atoms with van der Waals surface area (Å²) in [7, 11) is 0. The molecule has 6 rings (SSSR count). The van der Waals surface area contributed by atoms with Gasteiger partial charge in [0.1, 0.15) is 5.75 Å². The lowest BCUT2D eigenvalue weighted by Gasteiger charge is -2.32. The van der Waals surface area contributed by atoms with Gasteiger partial charge in [-0.25, -0.2) is 0 Å². The van der Waals surface area contributed by atoms with E-state index in [-0.39, 0.29) is 36.5 Å². The van der Waals surface area contributed by atoms with E-state index in [1.165, 1.54) is 0 Å². The van der Waals surface area contributed by atoms with E-state index in [9.17, 15) is 20.1 Å². The molecule has 0 bridgehead atoms. The lowest BCUT2D eigenvalue weighted by atomic mass is 9.94. The number of benzene rings is 4. The van der Waals surface area contributed by atoms with Crippen molar-refractivity contribution in [1.29, 1.82) is 0 Å². The van der Waals surface area contributed by atoms with Crippen LogP contribution in [-0.2, 0) is 9.53 Å². The van der Waals surface area contributed by atoms with Crippen LogP contribution in [0.25, 0.3) is 22.3 Å². The molecule has 3 N–H and O–H groups in total. The van der Waals surface area contributed by atoms with Gasteiger partial charge in [-0.15, -0.1) is 0 Å². The van der Waals surface area contributed by atoms with Crippen molar-refractivity contribution in [2.24, 2.45) is 0 Å². The molecule has 1 amide bonds. The number of phenolic OH excluding ortho intramolecular Hbond substituents is 1. The fourth-order valence-electron chi connectivity index (χ4n) is 5.96. The highest BCUT2D eigenvalue weighted by Gasteiger charge is 2.35. The third kappa shape index (κ3) is 5.26.